The molecule has 5 rings (SSSR count). The molecule has 0 aromatic heterocycles. The highest BCUT2D eigenvalue weighted by atomic mass is 32.2. The van der Waals surface area contributed by atoms with E-state index in [1.165, 1.54) is 0 Å². The monoisotopic (exact) mass is 483 g/mol. The molecule has 1 fully saturated rings. The van der Waals surface area contributed by atoms with E-state index in [2.05, 4.69) is 23.6 Å². The number of sulfonamides is 1. The van der Waals surface area contributed by atoms with Gasteiger partial charge in [0.2, 0.25) is 5.91 Å². The van der Waals surface area contributed by atoms with Crippen molar-refractivity contribution in [2.75, 3.05) is 26.3 Å². The molecule has 3 aliphatic rings. The van der Waals surface area contributed by atoms with Gasteiger partial charge in [0.1, 0.15) is 18.1 Å². The van der Waals surface area contributed by atoms with Crippen LogP contribution in [0.2, 0.25) is 0 Å². The van der Waals surface area contributed by atoms with Gasteiger partial charge in [-0.3, -0.25) is 4.79 Å². The number of ether oxygens (including phenoxy) is 2. The zero-order chi connectivity index (χ0) is 23.9. The highest BCUT2D eigenvalue weighted by Gasteiger charge is 2.36. The first kappa shape index (κ1) is 22.7. The molecule has 3 heterocycles. The van der Waals surface area contributed by atoms with Gasteiger partial charge in [-0.05, 0) is 48.6 Å². The van der Waals surface area contributed by atoms with Gasteiger partial charge in [-0.15, -0.1) is 4.40 Å². The molecule has 34 heavy (non-hydrogen) atoms. The number of rotatable bonds is 4. The van der Waals surface area contributed by atoms with Crippen molar-refractivity contribution in [3.05, 3.63) is 53.6 Å². The molecule has 2 aromatic carbocycles. The number of carbonyl (C=O) groups is 1. The van der Waals surface area contributed by atoms with Gasteiger partial charge in [0.15, 0.2) is 17.3 Å². The Morgan fingerprint density at radius 1 is 1.12 bits per heavy atom. The molecule has 0 radical (unpaired) electrons. The van der Waals surface area contributed by atoms with E-state index >= 15 is 0 Å². The Bertz CT molecular complexity index is 1240. The van der Waals surface area contributed by atoms with Gasteiger partial charge in [-0.2, -0.15) is 8.42 Å². The van der Waals surface area contributed by atoms with E-state index in [1.54, 1.807) is 18.2 Å². The number of nitrogens with one attached hydrogen (secondary N) is 1. The van der Waals surface area contributed by atoms with Crippen LogP contribution in [0.3, 0.4) is 0 Å². The van der Waals surface area contributed by atoms with E-state index in [0.29, 0.717) is 43.5 Å². The predicted octanol–water partition coefficient (Wildman–Crippen LogP) is 3.13. The largest absolute Gasteiger partial charge is 0.486 e. The van der Waals surface area contributed by atoms with Crippen molar-refractivity contribution in [3.63, 3.8) is 0 Å². The smallest absolute Gasteiger partial charge is 0.285 e. The van der Waals surface area contributed by atoms with Crippen LogP contribution in [0, 0.1) is 11.8 Å². The average molecular weight is 484 g/mol. The Hall–Kier alpha value is -3.07. The number of likely N-dealkylation sites (tertiary alicyclic amines) is 1. The Balaban J connectivity index is 1.33. The Kier molecular flexibility index (Phi) is 5.97. The highest BCUT2D eigenvalue weighted by Crippen LogP contribution is 2.35. The number of amides is 1. The fourth-order valence-corrected chi connectivity index (χ4v) is 6.09. The summed E-state index contributed by atoms with van der Waals surface area (Å²) in [4.78, 5) is 15.5. The number of hydrogen-bond acceptors (Lipinski definition) is 6. The summed E-state index contributed by atoms with van der Waals surface area (Å²) in [5.41, 5.74) is 1.58. The van der Waals surface area contributed by atoms with Crippen LogP contribution in [-0.2, 0) is 14.8 Å². The first-order chi connectivity index (χ1) is 16.3. The minimum atomic E-state index is -3.69. The molecular weight excluding hydrogens is 454 g/mol. The maximum Gasteiger partial charge on any atom is 0.285 e. The zero-order valence-corrected chi connectivity index (χ0v) is 20.2. The second kappa shape index (κ2) is 8.94. The van der Waals surface area contributed by atoms with Crippen molar-refractivity contribution in [1.82, 2.24) is 10.2 Å². The molecule has 180 valence electrons. The predicted molar refractivity (Wildman–Crippen MR) is 128 cm³/mol. The third-order valence-electron chi connectivity index (χ3n) is 6.59. The molecule has 0 aliphatic carbocycles. The summed E-state index contributed by atoms with van der Waals surface area (Å²) in [6.07, 6.45) is 1.53. The van der Waals surface area contributed by atoms with Crippen LogP contribution in [0.4, 0.5) is 0 Å². The van der Waals surface area contributed by atoms with E-state index in [4.69, 9.17) is 9.47 Å². The molecule has 1 N–H and O–H groups in total. The highest BCUT2D eigenvalue weighted by molar-refractivity contribution is 7.90. The lowest BCUT2D eigenvalue weighted by molar-refractivity contribution is -0.127. The molecular formula is C25H29N3O5S. The van der Waals surface area contributed by atoms with Crippen molar-refractivity contribution in [3.8, 4) is 11.5 Å². The van der Waals surface area contributed by atoms with Crippen molar-refractivity contribution in [2.24, 2.45) is 16.2 Å². The lowest BCUT2D eigenvalue weighted by Crippen LogP contribution is -2.46. The second-order valence-corrected chi connectivity index (χ2v) is 10.9. The van der Waals surface area contributed by atoms with Gasteiger partial charge >= 0.3 is 0 Å². The molecule has 8 nitrogen and oxygen atoms in total. The van der Waals surface area contributed by atoms with Crippen LogP contribution >= 0.6 is 0 Å². The molecule has 2 aromatic rings. The van der Waals surface area contributed by atoms with Crippen molar-refractivity contribution >= 4 is 21.8 Å². The summed E-state index contributed by atoms with van der Waals surface area (Å²) in [5, 5.41) is 3.24. The van der Waals surface area contributed by atoms with Crippen LogP contribution in [-0.4, -0.2) is 51.4 Å². The first-order valence-electron chi connectivity index (χ1n) is 11.7. The zero-order valence-electron chi connectivity index (χ0n) is 19.4. The Morgan fingerprint density at radius 2 is 1.88 bits per heavy atom. The van der Waals surface area contributed by atoms with Crippen LogP contribution in [0.25, 0.3) is 0 Å². The van der Waals surface area contributed by atoms with Gasteiger partial charge in [0, 0.05) is 18.7 Å². The van der Waals surface area contributed by atoms with E-state index < -0.39 is 10.0 Å². The summed E-state index contributed by atoms with van der Waals surface area (Å²) >= 11 is 0. The minimum Gasteiger partial charge on any atom is -0.486 e. The maximum absolute atomic E-state index is 13.4. The maximum atomic E-state index is 13.4. The number of piperidine rings is 1. The van der Waals surface area contributed by atoms with Crippen molar-refractivity contribution in [2.45, 2.75) is 37.6 Å². The van der Waals surface area contributed by atoms with Gasteiger partial charge < -0.3 is 19.7 Å². The number of amidine groups is 1. The minimum absolute atomic E-state index is 0.0342. The molecule has 1 amide bonds. The van der Waals surface area contributed by atoms with Gasteiger partial charge in [-0.1, -0.05) is 32.0 Å². The third-order valence-corrected chi connectivity index (χ3v) is 7.92. The molecule has 0 saturated carbocycles. The fourth-order valence-electron chi connectivity index (χ4n) is 4.86. The molecule has 0 spiro atoms. The summed E-state index contributed by atoms with van der Waals surface area (Å²) in [6, 6.07) is 12.5. The molecule has 0 bridgehead atoms. The fraction of sp³-hybridized carbons (Fsp3) is 0.440. The number of fused-ring (bicyclic) bond motifs is 2. The quantitative estimate of drug-likeness (QED) is 0.718. The normalized spacial score (nSPS) is 21.6. The lowest BCUT2D eigenvalue weighted by atomic mass is 9.92. The van der Waals surface area contributed by atoms with E-state index in [-0.39, 0.29) is 28.7 Å². The summed E-state index contributed by atoms with van der Waals surface area (Å²) in [6.45, 7) is 6.29. The van der Waals surface area contributed by atoms with Crippen molar-refractivity contribution in [1.29, 1.82) is 0 Å². The van der Waals surface area contributed by atoms with Crippen LogP contribution in [0.1, 0.15) is 43.9 Å². The molecule has 2 unspecified atom stereocenters. The van der Waals surface area contributed by atoms with E-state index in [0.717, 1.165) is 24.2 Å². The second-order valence-electron chi connectivity index (χ2n) is 9.30. The van der Waals surface area contributed by atoms with Crippen LogP contribution in [0.5, 0.6) is 11.5 Å². The van der Waals surface area contributed by atoms with Crippen LogP contribution in [0.15, 0.2) is 51.8 Å². The number of benzene rings is 2. The number of carbonyl (C=O) groups excluding carboxylic acids is 1. The van der Waals surface area contributed by atoms with E-state index in [1.807, 2.05) is 29.2 Å². The standard InChI is InChI=1S/C25H29N3O5S/c1-16(2)23(17-9-10-20-21(14-17)33-13-12-32-20)26-25(29)18-6-5-11-28(15-18)24-19-7-3-4-8-22(19)34(30,31)27-24/h3-4,7-10,14,16,18,23H,5-6,11-13,15H2,1-2H3,(H,26,29). The number of nitrogens with zero attached hydrogens (tertiary/aromatic N) is 2. The summed E-state index contributed by atoms with van der Waals surface area (Å²) in [5.74, 6) is 1.74. The molecule has 1 saturated heterocycles. The number of hydrogen-bond donors (Lipinski definition) is 1. The lowest BCUT2D eigenvalue weighted by Gasteiger charge is -2.34. The van der Waals surface area contributed by atoms with Crippen molar-refractivity contribution < 1.29 is 22.7 Å². The Morgan fingerprint density at radius 3 is 2.68 bits per heavy atom. The van der Waals surface area contributed by atoms with E-state index in [9.17, 15) is 13.2 Å². The third kappa shape index (κ3) is 4.24. The van der Waals surface area contributed by atoms with Gasteiger partial charge in [0.05, 0.1) is 12.0 Å². The molecule has 9 heteroatoms. The first-order valence-corrected chi connectivity index (χ1v) is 13.2. The average Bonchev–Trinajstić information content (AvgIpc) is 3.13. The van der Waals surface area contributed by atoms with Gasteiger partial charge in [0.25, 0.3) is 10.0 Å². The van der Waals surface area contributed by atoms with Crippen LogP contribution < -0.4 is 14.8 Å². The molecule has 2 atom stereocenters. The SMILES string of the molecule is CC(C)C(NC(=O)C1CCCN(C2=NS(=O)(=O)c3ccccc32)C1)c1ccc2c(c1)OCCO2. The summed E-state index contributed by atoms with van der Waals surface area (Å²) in [7, 11) is -3.69. The van der Waals surface area contributed by atoms with Gasteiger partial charge in [-0.25, -0.2) is 0 Å². The topological polar surface area (TPSA) is 97.3 Å². The summed E-state index contributed by atoms with van der Waals surface area (Å²) < 4.78 is 40.4. The molecule has 3 aliphatic heterocycles. The Labute approximate surface area is 200 Å².